The maximum absolute atomic E-state index is 13.5. The van der Waals surface area contributed by atoms with Gasteiger partial charge in [0.05, 0.1) is 12.8 Å². The van der Waals surface area contributed by atoms with Gasteiger partial charge in [-0.15, -0.1) is 6.58 Å². The lowest BCUT2D eigenvalue weighted by Crippen LogP contribution is -2.56. The van der Waals surface area contributed by atoms with Crippen molar-refractivity contribution in [2.24, 2.45) is 23.6 Å². The van der Waals surface area contributed by atoms with Gasteiger partial charge < -0.3 is 5.32 Å². The summed E-state index contributed by atoms with van der Waals surface area (Å²) in [6.07, 6.45) is 1.73. The summed E-state index contributed by atoms with van der Waals surface area (Å²) < 4.78 is 13.5. The van der Waals surface area contributed by atoms with Gasteiger partial charge in [-0.05, 0) is 25.9 Å². The molecule has 0 aliphatic heterocycles. The number of hydrazine groups is 1. The van der Waals surface area contributed by atoms with E-state index in [1.54, 1.807) is 12.1 Å². The average molecular weight is 260 g/mol. The second kappa shape index (κ2) is 8.58. The van der Waals surface area contributed by atoms with Crippen molar-refractivity contribution in [3.63, 3.8) is 0 Å². The van der Waals surface area contributed by atoms with Crippen LogP contribution in [0.25, 0.3) is 0 Å². The summed E-state index contributed by atoms with van der Waals surface area (Å²) in [5.41, 5.74) is 0. The molecule has 4 nitrogen and oxygen atoms in total. The minimum Gasteiger partial charge on any atom is -0.307 e. The summed E-state index contributed by atoms with van der Waals surface area (Å²) >= 11 is 0. The molecule has 0 spiro atoms. The van der Waals surface area contributed by atoms with Crippen LogP contribution in [0.1, 0.15) is 13.8 Å². The number of nitrogens with two attached hydrogens (primary N) is 1. The molecule has 0 rings (SSSR count). The van der Waals surface area contributed by atoms with Crippen LogP contribution in [0, 0.1) is 17.8 Å². The van der Waals surface area contributed by atoms with Gasteiger partial charge >= 0.3 is 0 Å². The number of hydrogen-bond acceptors (Lipinski definition) is 4. The lowest BCUT2D eigenvalue weighted by Gasteiger charge is -2.41. The summed E-state index contributed by atoms with van der Waals surface area (Å²) in [4.78, 5) is 2.02. The predicted molar refractivity (Wildman–Crippen MR) is 75.4 cm³/mol. The Kier molecular flexibility index (Phi) is 8.35. The Morgan fingerprint density at radius 3 is 2.28 bits per heavy atom. The first-order valence-corrected chi connectivity index (χ1v) is 6.41. The molecule has 0 amide bonds. The quantitative estimate of drug-likeness (QED) is 0.284. The molecule has 18 heavy (non-hydrogen) atoms. The maximum Gasteiger partial charge on any atom is 0.0953 e. The number of allylic oxidation sites excluding steroid dienone is 1. The van der Waals surface area contributed by atoms with E-state index in [1.165, 1.54) is 0 Å². The van der Waals surface area contributed by atoms with Gasteiger partial charge in [0.1, 0.15) is 0 Å². The van der Waals surface area contributed by atoms with Crippen LogP contribution in [0.5, 0.6) is 0 Å². The van der Waals surface area contributed by atoms with Gasteiger partial charge in [0.15, 0.2) is 0 Å². The molecule has 0 bridgehead atoms. The molecule has 0 radical (unpaired) electrons. The highest BCUT2D eigenvalue weighted by Crippen LogP contribution is 2.27. The van der Waals surface area contributed by atoms with Crippen LogP contribution in [0.4, 0.5) is 4.39 Å². The van der Waals surface area contributed by atoms with Crippen LogP contribution >= 0.6 is 0 Å². The Labute approximate surface area is 111 Å². The Balaban J connectivity index is 4.97. The summed E-state index contributed by atoms with van der Waals surface area (Å²) in [6, 6.07) is 0. The Hall–Kier alpha value is -0.490. The third-order valence-corrected chi connectivity index (χ3v) is 3.71. The highest BCUT2D eigenvalue weighted by molar-refractivity contribution is 4.87. The Morgan fingerprint density at radius 2 is 1.94 bits per heavy atom. The van der Waals surface area contributed by atoms with Gasteiger partial charge in [-0.2, -0.15) is 0 Å². The van der Waals surface area contributed by atoms with E-state index in [1.807, 2.05) is 25.1 Å². The molecule has 0 aromatic heterocycles. The van der Waals surface area contributed by atoms with Gasteiger partial charge in [0.25, 0.3) is 0 Å². The number of hydrogen-bond donors (Lipinski definition) is 2. The van der Waals surface area contributed by atoms with Gasteiger partial charge in [-0.1, -0.05) is 19.9 Å². The molecule has 0 aromatic rings. The molecule has 5 heteroatoms. The zero-order valence-electron chi connectivity index (χ0n) is 12.4. The minimum atomic E-state index is -0.389. The lowest BCUT2D eigenvalue weighted by atomic mass is 9.82. The van der Waals surface area contributed by atoms with Crippen molar-refractivity contribution in [1.82, 2.24) is 15.2 Å². The highest BCUT2D eigenvalue weighted by atomic mass is 19.1. The van der Waals surface area contributed by atoms with E-state index < -0.39 is 0 Å². The maximum atomic E-state index is 13.5. The van der Waals surface area contributed by atoms with Crippen LogP contribution in [-0.2, 0) is 0 Å². The SMILES string of the molecule is C=C[C@H](C)C(C)C(CF)C(N(C)N)N(C)CNC. The van der Waals surface area contributed by atoms with Gasteiger partial charge in [0.2, 0.25) is 0 Å². The van der Waals surface area contributed by atoms with E-state index >= 15 is 0 Å². The summed E-state index contributed by atoms with van der Waals surface area (Å²) in [5.74, 6) is 6.19. The highest BCUT2D eigenvalue weighted by Gasteiger charge is 2.33. The first-order valence-electron chi connectivity index (χ1n) is 6.41. The third kappa shape index (κ3) is 4.65. The fourth-order valence-corrected chi connectivity index (χ4v) is 2.38. The average Bonchev–Trinajstić information content (AvgIpc) is 2.33. The fourth-order valence-electron chi connectivity index (χ4n) is 2.38. The fraction of sp³-hybridized carbons (Fsp3) is 0.846. The van der Waals surface area contributed by atoms with E-state index in [-0.39, 0.29) is 30.6 Å². The first-order chi connectivity index (χ1) is 8.40. The number of nitrogens with zero attached hydrogens (tertiary/aromatic N) is 2. The molecule has 0 aliphatic rings. The van der Waals surface area contributed by atoms with Crippen molar-refractivity contribution in [1.29, 1.82) is 0 Å². The zero-order valence-corrected chi connectivity index (χ0v) is 12.4. The molecule has 4 atom stereocenters. The molecule has 0 saturated heterocycles. The number of nitrogens with one attached hydrogen (secondary N) is 1. The summed E-state index contributed by atoms with van der Waals surface area (Å²) in [5, 5.41) is 4.66. The summed E-state index contributed by atoms with van der Waals surface area (Å²) in [7, 11) is 5.59. The van der Waals surface area contributed by atoms with Gasteiger partial charge in [-0.3, -0.25) is 15.1 Å². The molecular formula is C13H29FN4. The van der Waals surface area contributed by atoms with Gasteiger partial charge in [-0.25, -0.2) is 5.01 Å². The Bertz CT molecular complexity index is 235. The molecule has 0 saturated carbocycles. The smallest absolute Gasteiger partial charge is 0.0953 e. The number of halogens is 1. The monoisotopic (exact) mass is 260 g/mol. The first kappa shape index (κ1) is 17.5. The van der Waals surface area contributed by atoms with E-state index in [4.69, 9.17) is 5.84 Å². The lowest BCUT2D eigenvalue weighted by molar-refractivity contribution is -0.00744. The third-order valence-electron chi connectivity index (χ3n) is 3.71. The van der Waals surface area contributed by atoms with Crippen molar-refractivity contribution in [3.05, 3.63) is 12.7 Å². The van der Waals surface area contributed by atoms with Crippen molar-refractivity contribution in [3.8, 4) is 0 Å². The molecule has 108 valence electrons. The molecule has 0 heterocycles. The van der Waals surface area contributed by atoms with Crippen molar-refractivity contribution in [2.75, 3.05) is 34.5 Å². The zero-order chi connectivity index (χ0) is 14.3. The van der Waals surface area contributed by atoms with Crippen LogP contribution < -0.4 is 11.2 Å². The molecule has 0 aromatic carbocycles. The van der Waals surface area contributed by atoms with E-state index in [2.05, 4.69) is 25.7 Å². The van der Waals surface area contributed by atoms with Crippen LogP contribution in [0.2, 0.25) is 0 Å². The molecule has 3 unspecified atom stereocenters. The second-order valence-corrected chi connectivity index (χ2v) is 5.12. The van der Waals surface area contributed by atoms with E-state index in [0.717, 1.165) is 0 Å². The van der Waals surface area contributed by atoms with Crippen LogP contribution in [0.3, 0.4) is 0 Å². The van der Waals surface area contributed by atoms with Gasteiger partial charge in [0, 0.05) is 19.6 Å². The minimum absolute atomic E-state index is 0.139. The summed E-state index contributed by atoms with van der Waals surface area (Å²) in [6.45, 7) is 8.18. The topological polar surface area (TPSA) is 44.5 Å². The Morgan fingerprint density at radius 1 is 1.39 bits per heavy atom. The van der Waals surface area contributed by atoms with Crippen molar-refractivity contribution in [2.45, 2.75) is 20.0 Å². The van der Waals surface area contributed by atoms with E-state index in [9.17, 15) is 4.39 Å². The van der Waals surface area contributed by atoms with Crippen molar-refractivity contribution < 1.29 is 4.39 Å². The predicted octanol–water partition coefficient (Wildman–Crippen LogP) is 1.27. The normalized spacial score (nSPS) is 18.7. The van der Waals surface area contributed by atoms with Crippen molar-refractivity contribution >= 4 is 0 Å². The van der Waals surface area contributed by atoms with Crippen LogP contribution in [0.15, 0.2) is 12.7 Å². The number of rotatable bonds is 9. The van der Waals surface area contributed by atoms with Crippen LogP contribution in [-0.4, -0.2) is 50.6 Å². The van der Waals surface area contributed by atoms with E-state index in [0.29, 0.717) is 6.67 Å². The molecule has 0 aliphatic carbocycles. The second-order valence-electron chi connectivity index (χ2n) is 5.12. The molecular weight excluding hydrogens is 231 g/mol. The standard InChI is InChI=1S/C13H29FN4/c1-7-10(2)11(3)12(8-14)13(18(6)15)17(5)9-16-4/h7,10-13,16H,1,8-9,15H2,2-6H3/t10-,11?,12?,13?/m0/s1. The molecule has 0 fully saturated rings. The largest absolute Gasteiger partial charge is 0.307 e. The molecule has 3 N–H and O–H groups in total. The number of alkyl halides is 1.